The van der Waals surface area contributed by atoms with Crippen molar-refractivity contribution in [2.45, 2.75) is 19.6 Å². The Balaban J connectivity index is 2.05. The summed E-state index contributed by atoms with van der Waals surface area (Å²) in [6, 6.07) is 3.74. The second-order valence-corrected chi connectivity index (χ2v) is 5.16. The third-order valence-corrected chi connectivity index (χ3v) is 3.34. The molecule has 0 saturated heterocycles. The van der Waals surface area contributed by atoms with Crippen molar-refractivity contribution < 1.29 is 19.0 Å². The first kappa shape index (κ1) is 15.1. The van der Waals surface area contributed by atoms with Crippen LogP contribution in [-0.4, -0.2) is 38.4 Å². The molecular formula is C14H18ClNO4. The molecule has 1 heterocycles. The van der Waals surface area contributed by atoms with Gasteiger partial charge in [-0.05, 0) is 19.2 Å². The van der Waals surface area contributed by atoms with Crippen LogP contribution >= 0.6 is 11.6 Å². The van der Waals surface area contributed by atoms with E-state index in [1.54, 1.807) is 0 Å². The van der Waals surface area contributed by atoms with E-state index in [0.29, 0.717) is 31.1 Å². The Hall–Kier alpha value is -1.30. The Kier molecular flexibility index (Phi) is 5.23. The highest BCUT2D eigenvalue weighted by Crippen LogP contribution is 2.32. The lowest BCUT2D eigenvalue weighted by molar-refractivity contribution is -0.140. The van der Waals surface area contributed by atoms with Crippen LogP contribution in [0.25, 0.3) is 0 Å². The van der Waals surface area contributed by atoms with Crippen LogP contribution in [0, 0.1) is 0 Å². The van der Waals surface area contributed by atoms with Crippen LogP contribution in [0.3, 0.4) is 0 Å². The Labute approximate surface area is 123 Å². The average Bonchev–Trinajstić information content (AvgIpc) is 2.44. The van der Waals surface area contributed by atoms with Crippen molar-refractivity contribution in [1.82, 2.24) is 4.90 Å². The van der Waals surface area contributed by atoms with Gasteiger partial charge < -0.3 is 19.1 Å². The number of ether oxygens (including phenoxy) is 3. The fourth-order valence-electron chi connectivity index (χ4n) is 2.13. The predicted octanol–water partition coefficient (Wildman–Crippen LogP) is 2.20. The molecule has 1 aliphatic rings. The lowest BCUT2D eigenvalue weighted by Crippen LogP contribution is -2.23. The second-order valence-electron chi connectivity index (χ2n) is 4.73. The summed E-state index contributed by atoms with van der Waals surface area (Å²) in [4.78, 5) is 13.2. The standard InChI is InChI=1S/C14H18ClNO4/c1-16(4-3-13(17)18-2)7-10-5-12(15)6-11-8-19-9-20-14(10)11/h5-6H,3-4,7-9H2,1-2H3. The van der Waals surface area contributed by atoms with Gasteiger partial charge in [0.2, 0.25) is 0 Å². The minimum Gasteiger partial charge on any atom is -0.469 e. The summed E-state index contributed by atoms with van der Waals surface area (Å²) in [6.07, 6.45) is 0.361. The number of rotatable bonds is 5. The molecule has 20 heavy (non-hydrogen) atoms. The number of carbonyl (C=O) groups excluding carboxylic acids is 1. The lowest BCUT2D eigenvalue weighted by atomic mass is 10.1. The Bertz CT molecular complexity index is 492. The summed E-state index contributed by atoms with van der Waals surface area (Å²) in [5.41, 5.74) is 1.96. The number of halogens is 1. The van der Waals surface area contributed by atoms with Gasteiger partial charge in [0, 0.05) is 29.2 Å². The van der Waals surface area contributed by atoms with Gasteiger partial charge in [0.05, 0.1) is 20.1 Å². The topological polar surface area (TPSA) is 48.0 Å². The molecule has 2 rings (SSSR count). The van der Waals surface area contributed by atoms with Crippen LogP contribution in [-0.2, 0) is 27.4 Å². The lowest BCUT2D eigenvalue weighted by Gasteiger charge is -2.23. The smallest absolute Gasteiger partial charge is 0.306 e. The Morgan fingerprint density at radius 2 is 2.30 bits per heavy atom. The van der Waals surface area contributed by atoms with E-state index < -0.39 is 0 Å². The maximum absolute atomic E-state index is 11.1. The van der Waals surface area contributed by atoms with Crippen molar-refractivity contribution in [1.29, 1.82) is 0 Å². The first-order valence-electron chi connectivity index (χ1n) is 6.37. The predicted molar refractivity (Wildman–Crippen MR) is 74.7 cm³/mol. The molecule has 5 nitrogen and oxygen atoms in total. The van der Waals surface area contributed by atoms with Gasteiger partial charge in [-0.2, -0.15) is 0 Å². The van der Waals surface area contributed by atoms with Gasteiger partial charge >= 0.3 is 5.97 Å². The number of methoxy groups -OCH3 is 1. The highest BCUT2D eigenvalue weighted by Gasteiger charge is 2.17. The van der Waals surface area contributed by atoms with E-state index in [0.717, 1.165) is 16.9 Å². The molecule has 0 radical (unpaired) electrons. The summed E-state index contributed by atoms with van der Waals surface area (Å²) >= 11 is 6.11. The minimum absolute atomic E-state index is 0.213. The molecule has 0 atom stereocenters. The molecule has 0 N–H and O–H groups in total. The highest BCUT2D eigenvalue weighted by atomic mass is 35.5. The molecule has 0 unspecified atom stereocenters. The number of carbonyl (C=O) groups is 1. The summed E-state index contributed by atoms with van der Waals surface area (Å²) in [5, 5.41) is 0.661. The van der Waals surface area contributed by atoms with Crippen molar-refractivity contribution >= 4 is 17.6 Å². The monoisotopic (exact) mass is 299 g/mol. The molecule has 0 bridgehead atoms. The molecule has 1 aliphatic heterocycles. The van der Waals surface area contributed by atoms with Crippen LogP contribution in [0.1, 0.15) is 17.5 Å². The molecule has 1 aromatic rings. The van der Waals surface area contributed by atoms with E-state index in [1.165, 1.54) is 7.11 Å². The summed E-state index contributed by atoms with van der Waals surface area (Å²) in [7, 11) is 3.33. The molecule has 110 valence electrons. The van der Waals surface area contributed by atoms with Gasteiger partial charge in [0.25, 0.3) is 0 Å². The molecule has 0 aromatic heterocycles. The van der Waals surface area contributed by atoms with Crippen molar-refractivity contribution in [3.8, 4) is 5.75 Å². The molecule has 0 amide bonds. The minimum atomic E-state index is -0.213. The van der Waals surface area contributed by atoms with Crippen LogP contribution in [0.2, 0.25) is 5.02 Å². The highest BCUT2D eigenvalue weighted by molar-refractivity contribution is 6.30. The first-order chi connectivity index (χ1) is 9.60. The van der Waals surface area contributed by atoms with Gasteiger partial charge in [0.15, 0.2) is 6.79 Å². The number of fused-ring (bicyclic) bond motifs is 1. The second kappa shape index (κ2) is 6.92. The number of esters is 1. The van der Waals surface area contributed by atoms with E-state index in [1.807, 2.05) is 24.1 Å². The quantitative estimate of drug-likeness (QED) is 0.780. The van der Waals surface area contributed by atoms with Crippen molar-refractivity contribution in [3.05, 3.63) is 28.3 Å². The van der Waals surface area contributed by atoms with Crippen molar-refractivity contribution in [3.63, 3.8) is 0 Å². The largest absolute Gasteiger partial charge is 0.469 e. The van der Waals surface area contributed by atoms with Gasteiger partial charge in [-0.1, -0.05) is 11.6 Å². The van der Waals surface area contributed by atoms with E-state index in [-0.39, 0.29) is 12.8 Å². The summed E-state index contributed by atoms with van der Waals surface area (Å²) in [5.74, 6) is 0.625. The summed E-state index contributed by atoms with van der Waals surface area (Å²) in [6.45, 7) is 2.03. The molecule has 0 saturated carbocycles. The van der Waals surface area contributed by atoms with E-state index in [2.05, 4.69) is 4.74 Å². The van der Waals surface area contributed by atoms with Gasteiger partial charge in [-0.25, -0.2) is 0 Å². The average molecular weight is 300 g/mol. The maximum Gasteiger partial charge on any atom is 0.306 e. The molecule has 0 spiro atoms. The molecular weight excluding hydrogens is 282 g/mol. The number of nitrogens with zero attached hydrogens (tertiary/aromatic N) is 1. The Morgan fingerprint density at radius 1 is 1.50 bits per heavy atom. The van der Waals surface area contributed by atoms with Gasteiger partial charge in [-0.15, -0.1) is 0 Å². The van der Waals surface area contributed by atoms with E-state index in [4.69, 9.17) is 21.1 Å². The SMILES string of the molecule is COC(=O)CCN(C)Cc1cc(Cl)cc2c1OCOC2. The van der Waals surface area contributed by atoms with E-state index >= 15 is 0 Å². The number of hydrogen-bond acceptors (Lipinski definition) is 5. The Morgan fingerprint density at radius 3 is 3.05 bits per heavy atom. The molecule has 0 aliphatic carbocycles. The zero-order valence-corrected chi connectivity index (χ0v) is 12.4. The van der Waals surface area contributed by atoms with Crippen molar-refractivity contribution in [2.24, 2.45) is 0 Å². The van der Waals surface area contributed by atoms with E-state index in [9.17, 15) is 4.79 Å². The molecule has 0 fully saturated rings. The van der Waals surface area contributed by atoms with Crippen LogP contribution in [0.15, 0.2) is 12.1 Å². The van der Waals surface area contributed by atoms with Crippen LogP contribution < -0.4 is 4.74 Å². The molecule has 6 heteroatoms. The molecule has 1 aromatic carbocycles. The van der Waals surface area contributed by atoms with Gasteiger partial charge in [0.1, 0.15) is 5.75 Å². The first-order valence-corrected chi connectivity index (χ1v) is 6.75. The zero-order valence-electron chi connectivity index (χ0n) is 11.6. The number of hydrogen-bond donors (Lipinski definition) is 0. The fourth-order valence-corrected chi connectivity index (χ4v) is 2.39. The third-order valence-electron chi connectivity index (χ3n) is 3.12. The zero-order chi connectivity index (χ0) is 14.5. The van der Waals surface area contributed by atoms with Crippen molar-refractivity contribution in [2.75, 3.05) is 27.5 Å². The number of benzene rings is 1. The fraction of sp³-hybridized carbons (Fsp3) is 0.500. The van der Waals surface area contributed by atoms with Crippen LogP contribution in [0.5, 0.6) is 5.75 Å². The normalized spacial score (nSPS) is 13.8. The third kappa shape index (κ3) is 3.85. The van der Waals surface area contributed by atoms with Gasteiger partial charge in [-0.3, -0.25) is 4.79 Å². The van der Waals surface area contributed by atoms with Crippen LogP contribution in [0.4, 0.5) is 0 Å². The summed E-state index contributed by atoms with van der Waals surface area (Å²) < 4.78 is 15.4. The maximum atomic E-state index is 11.1.